The molecular weight excluding hydrogens is 404 g/mol. The van der Waals surface area contributed by atoms with Gasteiger partial charge in [-0.25, -0.2) is 19.2 Å². The van der Waals surface area contributed by atoms with Crippen molar-refractivity contribution in [3.63, 3.8) is 0 Å². The standard InChI is InChI=1S/C10H10O2.C9H16O2.C4H4O4/c1-2-10(11)12-8-9-6-4-3-5-7-9;1-3-5-6-7-8-11-9(10)4-2;5-3(6)1-2-4(7)8/h2-7H,1,8H2;4H,2-3,5-8H2,1H3;1-2H,(H,5,6)(H,7,8). The molecule has 0 unspecified atom stereocenters. The van der Waals surface area contributed by atoms with Crippen molar-refractivity contribution in [1.82, 2.24) is 0 Å². The Morgan fingerprint density at radius 3 is 1.81 bits per heavy atom. The Balaban J connectivity index is 0. The summed E-state index contributed by atoms with van der Waals surface area (Å²) in [4.78, 5) is 40.3. The van der Waals surface area contributed by atoms with Crippen molar-refractivity contribution in [2.75, 3.05) is 6.61 Å². The Morgan fingerprint density at radius 2 is 1.35 bits per heavy atom. The molecule has 0 fully saturated rings. The summed E-state index contributed by atoms with van der Waals surface area (Å²) >= 11 is 0. The van der Waals surface area contributed by atoms with Crippen LogP contribution in [0, 0.1) is 0 Å². The second-order valence-corrected chi connectivity index (χ2v) is 5.74. The molecular formula is C23H30O8. The molecule has 0 atom stereocenters. The van der Waals surface area contributed by atoms with Crippen LogP contribution in [0.5, 0.6) is 0 Å². The zero-order valence-electron chi connectivity index (χ0n) is 17.7. The molecule has 8 heteroatoms. The molecule has 0 aromatic heterocycles. The Morgan fingerprint density at radius 1 is 0.839 bits per heavy atom. The summed E-state index contributed by atoms with van der Waals surface area (Å²) in [5.74, 6) is -3.22. The quantitative estimate of drug-likeness (QED) is 0.305. The molecule has 1 aromatic rings. The van der Waals surface area contributed by atoms with E-state index in [4.69, 9.17) is 19.7 Å². The molecule has 1 aromatic carbocycles. The van der Waals surface area contributed by atoms with Crippen molar-refractivity contribution in [3.8, 4) is 0 Å². The van der Waals surface area contributed by atoms with Gasteiger partial charge in [-0.2, -0.15) is 0 Å². The van der Waals surface area contributed by atoms with Crippen LogP contribution < -0.4 is 0 Å². The Labute approximate surface area is 182 Å². The van der Waals surface area contributed by atoms with E-state index in [0.29, 0.717) is 25.4 Å². The summed E-state index contributed by atoms with van der Waals surface area (Å²) in [5, 5.41) is 15.6. The molecule has 0 aliphatic carbocycles. The van der Waals surface area contributed by atoms with Gasteiger partial charge in [0, 0.05) is 24.3 Å². The average Bonchev–Trinajstić information content (AvgIpc) is 2.77. The van der Waals surface area contributed by atoms with Crippen molar-refractivity contribution in [1.29, 1.82) is 0 Å². The van der Waals surface area contributed by atoms with E-state index in [0.717, 1.165) is 24.5 Å². The largest absolute Gasteiger partial charge is 0.478 e. The minimum absolute atomic E-state index is 0.311. The second-order valence-electron chi connectivity index (χ2n) is 5.74. The number of rotatable bonds is 11. The van der Waals surface area contributed by atoms with Gasteiger partial charge in [-0.3, -0.25) is 0 Å². The highest BCUT2D eigenvalue weighted by atomic mass is 16.5. The third-order valence-electron chi connectivity index (χ3n) is 3.17. The van der Waals surface area contributed by atoms with Crippen LogP contribution in [-0.2, 0) is 35.3 Å². The highest BCUT2D eigenvalue weighted by Gasteiger charge is 1.95. The molecule has 0 radical (unpaired) electrons. The number of carboxylic acids is 2. The van der Waals surface area contributed by atoms with E-state index in [9.17, 15) is 19.2 Å². The zero-order valence-corrected chi connectivity index (χ0v) is 17.7. The van der Waals surface area contributed by atoms with Crippen LogP contribution in [0.15, 0.2) is 67.8 Å². The van der Waals surface area contributed by atoms with Crippen LogP contribution in [0.3, 0.4) is 0 Å². The number of esters is 2. The molecule has 0 bridgehead atoms. The van der Waals surface area contributed by atoms with Gasteiger partial charge in [0.25, 0.3) is 0 Å². The van der Waals surface area contributed by atoms with Crippen LogP contribution in [-0.4, -0.2) is 40.7 Å². The van der Waals surface area contributed by atoms with Crippen LogP contribution in [0.25, 0.3) is 0 Å². The van der Waals surface area contributed by atoms with E-state index in [2.05, 4.69) is 20.1 Å². The van der Waals surface area contributed by atoms with Gasteiger partial charge in [0.15, 0.2) is 0 Å². The van der Waals surface area contributed by atoms with E-state index in [1.807, 2.05) is 30.3 Å². The summed E-state index contributed by atoms with van der Waals surface area (Å²) in [5.41, 5.74) is 0.979. The van der Waals surface area contributed by atoms with E-state index in [1.54, 1.807) is 0 Å². The van der Waals surface area contributed by atoms with Crippen molar-refractivity contribution >= 4 is 23.9 Å². The van der Waals surface area contributed by atoms with Gasteiger partial charge in [0.05, 0.1) is 6.61 Å². The van der Waals surface area contributed by atoms with E-state index < -0.39 is 11.9 Å². The molecule has 0 spiro atoms. The smallest absolute Gasteiger partial charge is 0.330 e. The Kier molecular flexibility index (Phi) is 20.0. The summed E-state index contributed by atoms with van der Waals surface area (Å²) in [6.45, 7) is 9.59. The van der Waals surface area contributed by atoms with E-state index >= 15 is 0 Å². The minimum Gasteiger partial charge on any atom is -0.478 e. The Hall–Kier alpha value is -3.68. The summed E-state index contributed by atoms with van der Waals surface area (Å²) in [6, 6.07) is 9.51. The first kappa shape index (κ1) is 29.5. The number of hydrogen-bond acceptors (Lipinski definition) is 6. The number of carbonyl (C=O) groups is 4. The van der Waals surface area contributed by atoms with Crippen LogP contribution in [0.1, 0.15) is 38.2 Å². The van der Waals surface area contributed by atoms with Gasteiger partial charge in [-0.05, 0) is 12.0 Å². The molecule has 0 aliphatic rings. The lowest BCUT2D eigenvalue weighted by Gasteiger charge is -2.00. The fourth-order valence-corrected chi connectivity index (χ4v) is 1.69. The fraction of sp³-hybridized carbons (Fsp3) is 0.304. The number of carboxylic acid groups (broad SMARTS) is 2. The summed E-state index contributed by atoms with van der Waals surface area (Å²) < 4.78 is 9.60. The average molecular weight is 434 g/mol. The molecule has 0 aliphatic heterocycles. The van der Waals surface area contributed by atoms with Gasteiger partial charge >= 0.3 is 23.9 Å². The van der Waals surface area contributed by atoms with Gasteiger partial charge < -0.3 is 19.7 Å². The molecule has 0 saturated carbocycles. The summed E-state index contributed by atoms with van der Waals surface area (Å²) in [7, 11) is 0. The van der Waals surface area contributed by atoms with Crippen molar-refractivity contribution in [2.45, 2.75) is 39.2 Å². The van der Waals surface area contributed by atoms with E-state index in [1.165, 1.54) is 18.9 Å². The van der Waals surface area contributed by atoms with Gasteiger partial charge in [-0.15, -0.1) is 0 Å². The molecule has 2 N–H and O–H groups in total. The van der Waals surface area contributed by atoms with Gasteiger partial charge in [0.1, 0.15) is 6.61 Å². The van der Waals surface area contributed by atoms with Crippen molar-refractivity contribution in [2.24, 2.45) is 0 Å². The fourth-order valence-electron chi connectivity index (χ4n) is 1.69. The van der Waals surface area contributed by atoms with Gasteiger partial charge in [0.2, 0.25) is 0 Å². The summed E-state index contributed by atoms with van der Waals surface area (Å²) in [6.07, 6.45) is 7.99. The van der Waals surface area contributed by atoms with Crippen LogP contribution in [0.4, 0.5) is 0 Å². The molecule has 0 amide bonds. The first-order valence-corrected chi connectivity index (χ1v) is 9.53. The number of carbonyl (C=O) groups excluding carboxylic acids is 2. The Bertz CT molecular complexity index is 692. The third-order valence-corrected chi connectivity index (χ3v) is 3.17. The first-order valence-electron chi connectivity index (χ1n) is 9.53. The normalized spacial score (nSPS) is 9.19. The van der Waals surface area contributed by atoms with Crippen LogP contribution >= 0.6 is 0 Å². The lowest BCUT2D eigenvalue weighted by Crippen LogP contribution is -2.01. The lowest BCUT2D eigenvalue weighted by atomic mass is 10.2. The molecule has 0 heterocycles. The zero-order chi connectivity index (χ0) is 23.9. The number of benzene rings is 1. The number of unbranched alkanes of at least 4 members (excludes halogenated alkanes) is 3. The number of ether oxygens (including phenoxy) is 2. The molecule has 1 rings (SSSR count). The maximum Gasteiger partial charge on any atom is 0.330 e. The predicted octanol–water partition coefficient (Wildman–Crippen LogP) is 3.92. The number of hydrogen-bond donors (Lipinski definition) is 2. The van der Waals surface area contributed by atoms with Crippen LogP contribution in [0.2, 0.25) is 0 Å². The molecule has 170 valence electrons. The highest BCUT2D eigenvalue weighted by Crippen LogP contribution is 2.00. The second kappa shape index (κ2) is 21.0. The molecule has 8 nitrogen and oxygen atoms in total. The van der Waals surface area contributed by atoms with E-state index in [-0.39, 0.29) is 11.9 Å². The predicted molar refractivity (Wildman–Crippen MR) is 116 cm³/mol. The highest BCUT2D eigenvalue weighted by molar-refractivity contribution is 5.89. The van der Waals surface area contributed by atoms with Gasteiger partial charge in [-0.1, -0.05) is 69.7 Å². The monoisotopic (exact) mass is 434 g/mol. The third kappa shape index (κ3) is 24.3. The minimum atomic E-state index is -1.26. The lowest BCUT2D eigenvalue weighted by molar-refractivity contribution is -0.139. The van der Waals surface area contributed by atoms with Crippen molar-refractivity contribution < 1.29 is 38.9 Å². The number of aliphatic carboxylic acids is 2. The molecule has 31 heavy (non-hydrogen) atoms. The topological polar surface area (TPSA) is 127 Å². The maximum atomic E-state index is 10.6. The maximum absolute atomic E-state index is 10.6. The SMILES string of the molecule is C=CC(=O)OCCCCCC.C=CC(=O)OCc1ccccc1.O=C(O)C=CC(=O)O. The van der Waals surface area contributed by atoms with Crippen molar-refractivity contribution in [3.05, 3.63) is 73.4 Å². The first-order chi connectivity index (χ1) is 14.8. The molecule has 0 saturated heterocycles.